The molecule has 6 nitrogen and oxygen atoms in total. The Morgan fingerprint density at radius 2 is 1.74 bits per heavy atom. The molecule has 4 aromatic rings. The van der Waals surface area contributed by atoms with E-state index in [4.69, 9.17) is 4.74 Å². The van der Waals surface area contributed by atoms with E-state index in [-0.39, 0.29) is 5.91 Å². The van der Waals surface area contributed by atoms with Crippen LogP contribution in [0.1, 0.15) is 37.0 Å². The maximum Gasteiger partial charge on any atom is 0.260 e. The van der Waals surface area contributed by atoms with Crippen molar-refractivity contribution < 1.29 is 9.53 Å². The van der Waals surface area contributed by atoms with Gasteiger partial charge in [-0.3, -0.25) is 4.79 Å². The van der Waals surface area contributed by atoms with E-state index in [1.807, 2.05) is 79.7 Å². The lowest BCUT2D eigenvalue weighted by Gasteiger charge is -2.30. The summed E-state index contributed by atoms with van der Waals surface area (Å²) in [6.45, 7) is 6.77. The van der Waals surface area contributed by atoms with Gasteiger partial charge in [-0.1, -0.05) is 49.4 Å². The van der Waals surface area contributed by atoms with Gasteiger partial charge >= 0.3 is 0 Å². The van der Waals surface area contributed by atoms with Crippen LogP contribution in [0.3, 0.4) is 0 Å². The van der Waals surface area contributed by atoms with Gasteiger partial charge < -0.3 is 15.0 Å². The molecular formula is C29H30N4O2. The van der Waals surface area contributed by atoms with Gasteiger partial charge in [0, 0.05) is 24.3 Å². The topological polar surface area (TPSA) is 67.3 Å². The summed E-state index contributed by atoms with van der Waals surface area (Å²) in [6.07, 6.45) is 2.39. The van der Waals surface area contributed by atoms with Crippen molar-refractivity contribution in [1.29, 1.82) is 0 Å². The lowest BCUT2D eigenvalue weighted by molar-refractivity contribution is 0.102. The Bertz CT molecular complexity index is 1310. The summed E-state index contributed by atoms with van der Waals surface area (Å²) < 4.78 is 5.76. The van der Waals surface area contributed by atoms with Crippen LogP contribution in [0.15, 0.2) is 72.8 Å². The number of carbonyl (C=O) groups is 1. The second-order valence-electron chi connectivity index (χ2n) is 9.07. The van der Waals surface area contributed by atoms with Crippen molar-refractivity contribution in [3.63, 3.8) is 0 Å². The maximum absolute atomic E-state index is 13.3. The predicted molar refractivity (Wildman–Crippen MR) is 141 cm³/mol. The number of hydrogen-bond donors (Lipinski definition) is 1. The normalized spacial score (nSPS) is 14.2. The van der Waals surface area contributed by atoms with Gasteiger partial charge in [-0.05, 0) is 66.8 Å². The van der Waals surface area contributed by atoms with Crippen LogP contribution in [0, 0.1) is 5.92 Å². The number of amides is 1. The van der Waals surface area contributed by atoms with Crippen LogP contribution < -0.4 is 15.0 Å². The van der Waals surface area contributed by atoms with E-state index in [0.717, 1.165) is 46.9 Å². The molecule has 3 aromatic carbocycles. The molecule has 35 heavy (non-hydrogen) atoms. The van der Waals surface area contributed by atoms with Gasteiger partial charge in [0.25, 0.3) is 5.91 Å². The zero-order valence-corrected chi connectivity index (χ0v) is 20.2. The third kappa shape index (κ3) is 4.97. The molecule has 0 bridgehead atoms. The van der Waals surface area contributed by atoms with E-state index >= 15 is 0 Å². The Hall–Kier alpha value is -3.93. The van der Waals surface area contributed by atoms with Crippen LogP contribution >= 0.6 is 0 Å². The van der Waals surface area contributed by atoms with Crippen molar-refractivity contribution in [2.75, 3.05) is 29.9 Å². The fourth-order valence-corrected chi connectivity index (χ4v) is 4.56. The third-order valence-corrected chi connectivity index (χ3v) is 6.61. The molecule has 0 radical (unpaired) electrons. The molecule has 1 amide bonds. The molecule has 1 aromatic heterocycles. The number of nitrogens with zero attached hydrogens (tertiary/aromatic N) is 3. The summed E-state index contributed by atoms with van der Waals surface area (Å²) in [6, 6.07) is 23.4. The van der Waals surface area contributed by atoms with Crippen LogP contribution in [-0.2, 0) is 0 Å². The van der Waals surface area contributed by atoms with Crippen LogP contribution in [0.5, 0.6) is 5.75 Å². The Kier molecular flexibility index (Phi) is 6.62. The zero-order valence-electron chi connectivity index (χ0n) is 20.2. The highest BCUT2D eigenvalue weighted by Gasteiger charge is 2.18. The minimum atomic E-state index is -0.196. The molecule has 2 heterocycles. The standard InChI is InChI=1S/C29H30N4O2/c1-3-35-26-14-10-21-6-4-5-7-24(21)28(26)29(34)30-23-11-8-22(9-12-23)25-13-15-27(32-31-25)33-18-16-20(2)17-19-33/h4-15,20H,3,16-19H2,1-2H3,(H,30,34). The first kappa shape index (κ1) is 22.8. The number of anilines is 2. The fourth-order valence-electron chi connectivity index (χ4n) is 4.56. The van der Waals surface area contributed by atoms with Crippen LogP contribution in [-0.4, -0.2) is 35.8 Å². The number of aromatic nitrogens is 2. The van der Waals surface area contributed by atoms with Gasteiger partial charge in [-0.2, -0.15) is 0 Å². The van der Waals surface area contributed by atoms with E-state index in [1.165, 1.54) is 12.8 Å². The number of benzene rings is 3. The minimum absolute atomic E-state index is 0.196. The first-order valence-corrected chi connectivity index (χ1v) is 12.3. The Balaban J connectivity index is 1.32. The van der Waals surface area contributed by atoms with Crippen LogP contribution in [0.2, 0.25) is 0 Å². The Labute approximate surface area is 205 Å². The summed E-state index contributed by atoms with van der Waals surface area (Å²) in [5.41, 5.74) is 3.02. The van der Waals surface area contributed by atoms with Gasteiger partial charge in [0.2, 0.25) is 0 Å². The van der Waals surface area contributed by atoms with E-state index in [1.54, 1.807) is 0 Å². The monoisotopic (exact) mass is 466 g/mol. The van der Waals surface area contributed by atoms with Gasteiger partial charge in [0.05, 0.1) is 17.9 Å². The van der Waals surface area contributed by atoms with Crippen LogP contribution in [0.4, 0.5) is 11.5 Å². The molecule has 1 N–H and O–H groups in total. The molecule has 1 aliphatic heterocycles. The lowest BCUT2D eigenvalue weighted by atomic mass is 9.99. The average Bonchev–Trinajstić information content (AvgIpc) is 2.90. The number of piperidine rings is 1. The van der Waals surface area contributed by atoms with Crippen molar-refractivity contribution >= 4 is 28.2 Å². The van der Waals surface area contributed by atoms with Crippen molar-refractivity contribution in [3.8, 4) is 17.0 Å². The van der Waals surface area contributed by atoms with Gasteiger partial charge in [-0.25, -0.2) is 0 Å². The Morgan fingerprint density at radius 3 is 2.46 bits per heavy atom. The van der Waals surface area contributed by atoms with Gasteiger partial charge in [0.1, 0.15) is 5.75 Å². The highest BCUT2D eigenvalue weighted by Crippen LogP contribution is 2.30. The van der Waals surface area contributed by atoms with Gasteiger partial charge in [0.15, 0.2) is 5.82 Å². The number of nitrogens with one attached hydrogen (secondary N) is 1. The summed E-state index contributed by atoms with van der Waals surface area (Å²) in [7, 11) is 0. The summed E-state index contributed by atoms with van der Waals surface area (Å²) >= 11 is 0. The minimum Gasteiger partial charge on any atom is -0.493 e. The molecule has 0 saturated carbocycles. The summed E-state index contributed by atoms with van der Waals surface area (Å²) in [5.74, 6) is 2.10. The molecule has 178 valence electrons. The first-order chi connectivity index (χ1) is 17.1. The molecule has 5 rings (SSSR count). The smallest absolute Gasteiger partial charge is 0.260 e. The van der Waals surface area contributed by atoms with Crippen molar-refractivity contribution in [1.82, 2.24) is 10.2 Å². The summed E-state index contributed by atoms with van der Waals surface area (Å²) in [5, 5.41) is 13.8. The fraction of sp³-hybridized carbons (Fsp3) is 0.276. The van der Waals surface area contributed by atoms with E-state index < -0.39 is 0 Å². The molecule has 0 atom stereocenters. The van der Waals surface area contributed by atoms with E-state index in [9.17, 15) is 4.79 Å². The lowest BCUT2D eigenvalue weighted by Crippen LogP contribution is -2.33. The third-order valence-electron chi connectivity index (χ3n) is 6.61. The SMILES string of the molecule is CCOc1ccc2ccccc2c1C(=O)Nc1ccc(-c2ccc(N3CCC(C)CC3)nn2)cc1. The molecule has 0 unspecified atom stereocenters. The second kappa shape index (κ2) is 10.1. The first-order valence-electron chi connectivity index (χ1n) is 12.3. The quantitative estimate of drug-likeness (QED) is 0.367. The average molecular weight is 467 g/mol. The number of rotatable bonds is 6. The number of carbonyl (C=O) groups excluding carboxylic acids is 1. The predicted octanol–water partition coefficient (Wildman–Crippen LogP) is 6.18. The van der Waals surface area contributed by atoms with Crippen LogP contribution in [0.25, 0.3) is 22.0 Å². The van der Waals surface area contributed by atoms with Gasteiger partial charge in [-0.15, -0.1) is 10.2 Å². The number of hydrogen-bond acceptors (Lipinski definition) is 5. The van der Waals surface area contributed by atoms with E-state index in [2.05, 4.69) is 27.3 Å². The zero-order chi connectivity index (χ0) is 24.2. The largest absolute Gasteiger partial charge is 0.493 e. The van der Waals surface area contributed by atoms with Crippen molar-refractivity contribution in [2.24, 2.45) is 5.92 Å². The molecule has 6 heteroatoms. The molecular weight excluding hydrogens is 436 g/mol. The molecule has 1 fully saturated rings. The molecule has 1 aliphatic rings. The highest BCUT2D eigenvalue weighted by atomic mass is 16.5. The Morgan fingerprint density at radius 1 is 0.971 bits per heavy atom. The van der Waals surface area contributed by atoms with Crippen molar-refractivity contribution in [3.05, 3.63) is 78.4 Å². The number of ether oxygens (including phenoxy) is 1. The number of fused-ring (bicyclic) bond motifs is 1. The molecule has 1 saturated heterocycles. The van der Waals surface area contributed by atoms with Crippen molar-refractivity contribution in [2.45, 2.75) is 26.7 Å². The summed E-state index contributed by atoms with van der Waals surface area (Å²) in [4.78, 5) is 15.6. The maximum atomic E-state index is 13.3. The molecule has 0 aliphatic carbocycles. The highest BCUT2D eigenvalue weighted by molar-refractivity contribution is 6.15. The second-order valence-corrected chi connectivity index (χ2v) is 9.07. The molecule has 0 spiro atoms. The van der Waals surface area contributed by atoms with E-state index in [0.29, 0.717) is 23.6 Å².